The van der Waals surface area contributed by atoms with E-state index in [0.717, 1.165) is 27.6 Å². The van der Waals surface area contributed by atoms with Crippen LogP contribution in [0.3, 0.4) is 0 Å². The molecule has 3 aromatic carbocycles. The van der Waals surface area contributed by atoms with Crippen molar-refractivity contribution in [3.05, 3.63) is 101 Å². The number of aliphatic imine (C=N–C) groups is 1. The second kappa shape index (κ2) is 6.52. The molecule has 4 atom stereocenters. The van der Waals surface area contributed by atoms with Gasteiger partial charge in [0.1, 0.15) is 11.9 Å². The zero-order chi connectivity index (χ0) is 18.4. The maximum absolute atomic E-state index is 6.50. The fraction of sp³-hybridized carbons (Fsp3) is 0.174. The van der Waals surface area contributed by atoms with Crippen molar-refractivity contribution in [1.29, 1.82) is 0 Å². The number of fused-ring (bicyclic) bond motifs is 1. The second-order valence-electron chi connectivity index (χ2n) is 6.89. The highest BCUT2D eigenvalue weighted by Crippen LogP contribution is 2.56. The molecule has 2 heterocycles. The van der Waals surface area contributed by atoms with E-state index in [1.54, 1.807) is 7.11 Å². The lowest BCUT2D eigenvalue weighted by Crippen LogP contribution is -2.08. The minimum absolute atomic E-state index is 0.0500. The van der Waals surface area contributed by atoms with Crippen molar-refractivity contribution in [2.45, 2.75) is 18.2 Å². The van der Waals surface area contributed by atoms with E-state index < -0.39 is 0 Å². The Labute approximate surface area is 163 Å². The summed E-state index contributed by atoms with van der Waals surface area (Å²) in [6, 6.07) is 27.4. The Hall–Kier alpha value is -2.62. The van der Waals surface area contributed by atoms with E-state index in [0.29, 0.717) is 6.04 Å². The van der Waals surface area contributed by atoms with Crippen LogP contribution in [0.2, 0.25) is 5.02 Å². The number of methoxy groups -OCH3 is 1. The van der Waals surface area contributed by atoms with Gasteiger partial charge in [-0.15, -0.1) is 0 Å². The number of rotatable bonds is 4. The molecule has 0 radical (unpaired) electrons. The third-order valence-electron chi connectivity index (χ3n) is 5.39. The van der Waals surface area contributed by atoms with Gasteiger partial charge in [-0.2, -0.15) is 0 Å². The van der Waals surface area contributed by atoms with Crippen LogP contribution in [-0.4, -0.2) is 23.8 Å². The van der Waals surface area contributed by atoms with Gasteiger partial charge in [0.15, 0.2) is 0 Å². The highest BCUT2D eigenvalue weighted by Gasteiger charge is 2.59. The number of ether oxygens (including phenoxy) is 1. The van der Waals surface area contributed by atoms with Crippen molar-refractivity contribution in [2.75, 3.05) is 7.11 Å². The molecule has 134 valence electrons. The molecular formula is C23H19ClN2O. The normalized spacial score (nSPS) is 25.6. The van der Waals surface area contributed by atoms with Crippen LogP contribution in [0.5, 0.6) is 5.75 Å². The van der Waals surface area contributed by atoms with E-state index in [1.807, 2.05) is 30.3 Å². The van der Waals surface area contributed by atoms with E-state index >= 15 is 0 Å². The summed E-state index contributed by atoms with van der Waals surface area (Å²) in [5.41, 5.74) is 4.64. The molecule has 0 aliphatic carbocycles. The maximum Gasteiger partial charge on any atom is 0.131 e. The van der Waals surface area contributed by atoms with Gasteiger partial charge in [0.25, 0.3) is 0 Å². The average molecular weight is 375 g/mol. The molecule has 27 heavy (non-hydrogen) atoms. The minimum atomic E-state index is -0.0500. The maximum atomic E-state index is 6.50. The minimum Gasteiger partial charge on any atom is -0.497 e. The van der Waals surface area contributed by atoms with Crippen LogP contribution in [0.15, 0.2) is 83.9 Å². The molecule has 5 rings (SSSR count). The first-order valence-corrected chi connectivity index (χ1v) is 9.44. The summed E-state index contributed by atoms with van der Waals surface area (Å²) in [5, 5.41) is 0.764. The molecule has 0 N–H and O–H groups in total. The first-order valence-electron chi connectivity index (χ1n) is 9.07. The highest BCUT2D eigenvalue weighted by molar-refractivity contribution is 6.31. The largest absolute Gasteiger partial charge is 0.497 e. The predicted octanol–water partition coefficient (Wildman–Crippen LogP) is 5.28. The molecule has 1 saturated heterocycles. The van der Waals surface area contributed by atoms with E-state index in [2.05, 4.69) is 53.4 Å². The molecule has 0 spiro atoms. The molecule has 0 bridgehead atoms. The Bertz CT molecular complexity index is 1000. The fourth-order valence-electron chi connectivity index (χ4n) is 4.04. The fourth-order valence-corrected chi connectivity index (χ4v) is 4.28. The van der Waals surface area contributed by atoms with Gasteiger partial charge in [-0.25, -0.2) is 0 Å². The van der Waals surface area contributed by atoms with E-state index in [1.165, 1.54) is 5.56 Å². The summed E-state index contributed by atoms with van der Waals surface area (Å²) < 4.78 is 5.30. The van der Waals surface area contributed by atoms with E-state index in [4.69, 9.17) is 21.3 Å². The first kappa shape index (κ1) is 16.5. The van der Waals surface area contributed by atoms with Gasteiger partial charge in [-0.3, -0.25) is 9.89 Å². The monoisotopic (exact) mass is 374 g/mol. The summed E-state index contributed by atoms with van der Waals surface area (Å²) in [6.45, 7) is 0. The van der Waals surface area contributed by atoms with Crippen LogP contribution in [-0.2, 0) is 0 Å². The number of hydrogen-bond acceptors (Lipinski definition) is 3. The van der Waals surface area contributed by atoms with Crippen LogP contribution in [0.1, 0.15) is 28.9 Å². The van der Waals surface area contributed by atoms with Crippen LogP contribution in [0, 0.1) is 0 Å². The van der Waals surface area contributed by atoms with Crippen LogP contribution in [0.4, 0.5) is 0 Å². The van der Waals surface area contributed by atoms with Crippen LogP contribution < -0.4 is 4.74 Å². The van der Waals surface area contributed by atoms with Crippen LogP contribution >= 0.6 is 11.6 Å². The van der Waals surface area contributed by atoms with Gasteiger partial charge >= 0.3 is 0 Å². The Morgan fingerprint density at radius 2 is 1.56 bits per heavy atom. The Balaban J connectivity index is 1.57. The smallest absolute Gasteiger partial charge is 0.131 e. The van der Waals surface area contributed by atoms with Gasteiger partial charge in [0.2, 0.25) is 0 Å². The van der Waals surface area contributed by atoms with Gasteiger partial charge in [-0.1, -0.05) is 60.1 Å². The zero-order valence-corrected chi connectivity index (χ0v) is 15.7. The van der Waals surface area contributed by atoms with Crippen molar-refractivity contribution in [3.63, 3.8) is 0 Å². The van der Waals surface area contributed by atoms with Gasteiger partial charge in [0.05, 0.1) is 24.9 Å². The summed E-state index contributed by atoms with van der Waals surface area (Å²) in [6.07, 6.45) is -0.0500. The topological polar surface area (TPSA) is 24.6 Å². The van der Waals surface area contributed by atoms with Crippen LogP contribution in [0.25, 0.3) is 0 Å². The summed E-state index contributed by atoms with van der Waals surface area (Å²) in [7, 11) is 1.68. The average Bonchev–Trinajstić information content (AvgIpc) is 3.34. The Kier molecular flexibility index (Phi) is 4.00. The molecule has 2 aliphatic rings. The molecule has 0 aromatic heterocycles. The van der Waals surface area contributed by atoms with Crippen molar-refractivity contribution >= 4 is 17.3 Å². The SMILES string of the molecule is COc1ccc(C2=N[C@H](c3ccccc3Cl)N3[C@H](c4ccccc4)[C@H]23)cc1. The molecule has 1 fully saturated rings. The molecule has 0 saturated carbocycles. The molecule has 0 amide bonds. The molecule has 1 unspecified atom stereocenters. The van der Waals surface area contributed by atoms with Gasteiger partial charge in [-0.05, 0) is 41.5 Å². The number of nitrogens with zero attached hydrogens (tertiary/aromatic N) is 2. The summed E-state index contributed by atoms with van der Waals surface area (Å²) in [5.74, 6) is 0.854. The van der Waals surface area contributed by atoms with E-state index in [-0.39, 0.29) is 12.2 Å². The van der Waals surface area contributed by atoms with Gasteiger partial charge < -0.3 is 4.74 Å². The lowest BCUT2D eigenvalue weighted by molar-refractivity contribution is 0.404. The second-order valence-corrected chi connectivity index (χ2v) is 7.29. The third kappa shape index (κ3) is 2.75. The molecule has 2 aliphatic heterocycles. The lowest BCUT2D eigenvalue weighted by atomic mass is 10.0. The molecule has 3 aromatic rings. The quantitative estimate of drug-likeness (QED) is 0.580. The van der Waals surface area contributed by atoms with Crippen molar-refractivity contribution in [1.82, 2.24) is 4.90 Å². The lowest BCUT2D eigenvalue weighted by Gasteiger charge is -2.15. The standard InChI is InChI=1S/C23H19ClN2O/c1-27-17-13-11-15(12-14-17)20-22-21(16-7-3-2-4-8-16)26(22)23(25-20)18-9-5-6-10-19(18)24/h2-14,21-23H,1H3/t21-,22+,23+,26?/m1/s1. The highest BCUT2D eigenvalue weighted by atomic mass is 35.5. The third-order valence-corrected chi connectivity index (χ3v) is 5.73. The van der Waals surface area contributed by atoms with Crippen molar-refractivity contribution in [3.8, 4) is 5.75 Å². The number of hydrogen-bond donors (Lipinski definition) is 0. The molecule has 4 heteroatoms. The summed E-state index contributed by atoms with van der Waals surface area (Å²) >= 11 is 6.50. The number of benzene rings is 3. The molecular weight excluding hydrogens is 356 g/mol. The number of halogens is 1. The first-order chi connectivity index (χ1) is 13.3. The van der Waals surface area contributed by atoms with E-state index in [9.17, 15) is 0 Å². The Morgan fingerprint density at radius 1 is 0.852 bits per heavy atom. The predicted molar refractivity (Wildman–Crippen MR) is 109 cm³/mol. The van der Waals surface area contributed by atoms with Crippen molar-refractivity contribution < 1.29 is 4.74 Å². The zero-order valence-electron chi connectivity index (χ0n) is 14.9. The summed E-state index contributed by atoms with van der Waals surface area (Å²) in [4.78, 5) is 7.51. The molecule has 3 nitrogen and oxygen atoms in total. The Morgan fingerprint density at radius 3 is 2.26 bits per heavy atom. The van der Waals surface area contributed by atoms with Crippen molar-refractivity contribution in [2.24, 2.45) is 4.99 Å². The van der Waals surface area contributed by atoms with Gasteiger partial charge in [0, 0.05) is 10.6 Å².